The van der Waals surface area contributed by atoms with E-state index < -0.39 is 30.0 Å². The molecule has 1 amide bonds. The lowest BCUT2D eigenvalue weighted by Crippen LogP contribution is -2.59. The number of hydrogen-bond acceptors (Lipinski definition) is 5. The van der Waals surface area contributed by atoms with Crippen LogP contribution in [0.3, 0.4) is 0 Å². The second-order valence-corrected chi connectivity index (χ2v) is 8.44. The maximum absolute atomic E-state index is 14.0. The number of alkyl halides is 4. The lowest BCUT2D eigenvalue weighted by molar-refractivity contribution is -0.299. The van der Waals surface area contributed by atoms with Crippen molar-refractivity contribution in [3.05, 3.63) is 21.9 Å². The third kappa shape index (κ3) is 4.40. The minimum atomic E-state index is -4.77. The number of rotatable bonds is 3. The van der Waals surface area contributed by atoms with Crippen molar-refractivity contribution in [2.75, 3.05) is 25.0 Å². The lowest BCUT2D eigenvalue weighted by atomic mass is 9.98. The molecule has 2 heterocycles. The van der Waals surface area contributed by atoms with Crippen LogP contribution in [0.25, 0.3) is 0 Å². The Bertz CT molecular complexity index is 686. The van der Waals surface area contributed by atoms with Gasteiger partial charge in [-0.3, -0.25) is 4.79 Å². The molecule has 1 atom stereocenters. The van der Waals surface area contributed by atoms with E-state index in [0.29, 0.717) is 0 Å². The Hall–Kier alpha value is -1.13. The number of thiophene rings is 1. The molecule has 1 fully saturated rings. The molecule has 5 nitrogen and oxygen atoms in total. The summed E-state index contributed by atoms with van der Waals surface area (Å²) in [6.45, 7) is 3.89. The molecule has 1 saturated heterocycles. The number of carbonyl (C=O) groups is 2. The average molecular weight is 458 g/mol. The monoisotopic (exact) mass is 457 g/mol. The van der Waals surface area contributed by atoms with Gasteiger partial charge in [0.25, 0.3) is 0 Å². The molecule has 1 aliphatic rings. The smallest absolute Gasteiger partial charge is 0.424 e. The van der Waals surface area contributed by atoms with Gasteiger partial charge in [0.1, 0.15) is 5.60 Å². The summed E-state index contributed by atoms with van der Waals surface area (Å²) in [4.78, 5) is 25.0. The van der Waals surface area contributed by atoms with Crippen LogP contribution in [0.5, 0.6) is 0 Å². The van der Waals surface area contributed by atoms with E-state index in [1.54, 1.807) is 20.8 Å². The fourth-order valence-corrected chi connectivity index (χ4v) is 4.02. The molecule has 0 bridgehead atoms. The Labute approximate surface area is 161 Å². The maximum atomic E-state index is 14.0. The Morgan fingerprint density at radius 2 is 2.00 bits per heavy atom. The summed E-state index contributed by atoms with van der Waals surface area (Å²) >= 11 is 3.72. The normalized spacial score (nSPS) is 21.6. The molecule has 26 heavy (non-hydrogen) atoms. The topological polar surface area (TPSA) is 55.8 Å². The van der Waals surface area contributed by atoms with Crippen LogP contribution < -0.4 is 0 Å². The van der Waals surface area contributed by atoms with Crippen molar-refractivity contribution in [1.29, 1.82) is 0 Å². The molecule has 0 aromatic carbocycles. The summed E-state index contributed by atoms with van der Waals surface area (Å²) in [7, 11) is 0. The zero-order valence-corrected chi connectivity index (χ0v) is 16.9. The number of hydrogen-bond donors (Lipinski definition) is 0. The van der Waals surface area contributed by atoms with Gasteiger partial charge in [0.15, 0.2) is 5.78 Å². The van der Waals surface area contributed by atoms with E-state index in [1.165, 1.54) is 12.1 Å². The van der Waals surface area contributed by atoms with Gasteiger partial charge in [-0.1, -0.05) is 15.9 Å². The van der Waals surface area contributed by atoms with Crippen LogP contribution in [0.1, 0.15) is 35.3 Å². The Morgan fingerprint density at radius 1 is 1.35 bits per heavy atom. The van der Waals surface area contributed by atoms with Gasteiger partial charge in [-0.15, -0.1) is 11.3 Å². The van der Waals surface area contributed by atoms with Crippen LogP contribution in [-0.2, 0) is 15.1 Å². The second-order valence-electron chi connectivity index (χ2n) is 6.80. The third-order valence-corrected chi connectivity index (χ3v) is 5.41. The molecule has 0 radical (unpaired) electrons. The molecule has 2 rings (SSSR count). The SMILES string of the molecule is CC(C)(C)OC(=O)N1CCOC(c2ccc(C(=O)CBr)s2)(C(F)(F)F)C1. The zero-order valence-electron chi connectivity index (χ0n) is 14.5. The summed E-state index contributed by atoms with van der Waals surface area (Å²) in [5.41, 5.74) is -3.51. The van der Waals surface area contributed by atoms with Crippen LogP contribution in [0, 0.1) is 0 Å². The van der Waals surface area contributed by atoms with E-state index in [1.807, 2.05) is 0 Å². The molecule has 1 aliphatic heterocycles. The summed E-state index contributed by atoms with van der Waals surface area (Å²) in [6.07, 6.45) is -5.60. The highest BCUT2D eigenvalue weighted by Crippen LogP contribution is 2.47. The standard InChI is InChI=1S/C16H19BrF3NO4S/c1-14(2,3)25-13(23)21-6-7-24-15(9-21,16(18,19)20)12-5-4-11(26-12)10(22)8-17/h4-5H,6-9H2,1-3H3. The van der Waals surface area contributed by atoms with Gasteiger partial charge in [-0.05, 0) is 32.9 Å². The molecule has 1 aromatic heterocycles. The largest absolute Gasteiger partial charge is 0.444 e. The minimum Gasteiger partial charge on any atom is -0.444 e. The predicted octanol–water partition coefficient (Wildman–Crippen LogP) is 4.35. The van der Waals surface area contributed by atoms with Gasteiger partial charge < -0.3 is 14.4 Å². The van der Waals surface area contributed by atoms with Gasteiger partial charge in [-0.2, -0.15) is 13.2 Å². The number of Topliss-reactive ketones (excluding diaryl/α,β-unsaturated/α-hetero) is 1. The van der Waals surface area contributed by atoms with Crippen molar-refractivity contribution >= 4 is 39.1 Å². The van der Waals surface area contributed by atoms with Crippen molar-refractivity contribution in [3.8, 4) is 0 Å². The second kappa shape index (κ2) is 7.47. The summed E-state index contributed by atoms with van der Waals surface area (Å²) in [5, 5.41) is 0.0108. The van der Waals surface area contributed by atoms with E-state index in [0.717, 1.165) is 16.2 Å². The number of carbonyl (C=O) groups excluding carboxylic acids is 2. The molecule has 0 N–H and O–H groups in total. The van der Waals surface area contributed by atoms with E-state index in [-0.39, 0.29) is 34.0 Å². The van der Waals surface area contributed by atoms with Gasteiger partial charge in [-0.25, -0.2) is 4.79 Å². The molecule has 1 unspecified atom stereocenters. The van der Waals surface area contributed by atoms with Crippen LogP contribution in [0.4, 0.5) is 18.0 Å². The van der Waals surface area contributed by atoms with Crippen molar-refractivity contribution in [1.82, 2.24) is 4.90 Å². The molecule has 0 saturated carbocycles. The highest BCUT2D eigenvalue weighted by Gasteiger charge is 2.61. The first-order chi connectivity index (χ1) is 11.9. The van der Waals surface area contributed by atoms with E-state index in [4.69, 9.17) is 9.47 Å². The number of nitrogens with zero attached hydrogens (tertiary/aromatic N) is 1. The quantitative estimate of drug-likeness (QED) is 0.500. The lowest BCUT2D eigenvalue weighted by Gasteiger charge is -2.43. The first kappa shape index (κ1) is 21.2. The molecule has 146 valence electrons. The molecule has 0 spiro atoms. The molecule has 1 aromatic rings. The van der Waals surface area contributed by atoms with Crippen LogP contribution in [-0.4, -0.2) is 53.6 Å². The summed E-state index contributed by atoms with van der Waals surface area (Å²) < 4.78 is 52.2. The van der Waals surface area contributed by atoms with Gasteiger partial charge in [0, 0.05) is 11.4 Å². The first-order valence-corrected chi connectivity index (χ1v) is 9.71. The number of halogens is 4. The van der Waals surface area contributed by atoms with Crippen LogP contribution in [0.15, 0.2) is 12.1 Å². The van der Waals surface area contributed by atoms with Gasteiger partial charge in [0.2, 0.25) is 5.60 Å². The minimum absolute atomic E-state index is 0.00862. The number of ether oxygens (including phenoxy) is 2. The highest BCUT2D eigenvalue weighted by molar-refractivity contribution is 9.09. The molecule has 0 aliphatic carbocycles. The van der Waals surface area contributed by atoms with Crippen molar-refractivity contribution < 1.29 is 32.2 Å². The maximum Gasteiger partial charge on any atom is 0.424 e. The van der Waals surface area contributed by atoms with E-state index in [9.17, 15) is 22.8 Å². The molecule has 10 heteroatoms. The summed E-state index contributed by atoms with van der Waals surface area (Å²) in [6, 6.07) is 2.57. The number of morpholine rings is 1. The number of amides is 1. The van der Waals surface area contributed by atoms with Crippen molar-refractivity contribution in [2.24, 2.45) is 0 Å². The fraction of sp³-hybridized carbons (Fsp3) is 0.625. The fourth-order valence-electron chi connectivity index (χ4n) is 2.44. The average Bonchev–Trinajstić information content (AvgIpc) is 3.01. The predicted molar refractivity (Wildman–Crippen MR) is 93.9 cm³/mol. The van der Waals surface area contributed by atoms with E-state index >= 15 is 0 Å². The highest BCUT2D eigenvalue weighted by atomic mass is 79.9. The molecular weight excluding hydrogens is 439 g/mol. The van der Waals surface area contributed by atoms with Crippen LogP contribution in [0.2, 0.25) is 0 Å². The Kier molecular flexibility index (Phi) is 6.09. The number of ketones is 1. The first-order valence-electron chi connectivity index (χ1n) is 7.78. The van der Waals surface area contributed by atoms with Crippen LogP contribution >= 0.6 is 27.3 Å². The zero-order chi connectivity index (χ0) is 19.8. The Balaban J connectivity index is 2.36. The molecular formula is C16H19BrF3NO4S. The Morgan fingerprint density at radius 3 is 2.54 bits per heavy atom. The van der Waals surface area contributed by atoms with Crippen molar-refractivity contribution in [3.63, 3.8) is 0 Å². The van der Waals surface area contributed by atoms with Gasteiger partial charge in [0.05, 0.1) is 23.4 Å². The van der Waals surface area contributed by atoms with E-state index in [2.05, 4.69) is 15.9 Å². The summed E-state index contributed by atoms with van der Waals surface area (Å²) in [5.74, 6) is -0.321. The van der Waals surface area contributed by atoms with Crippen molar-refractivity contribution in [2.45, 2.75) is 38.1 Å². The third-order valence-electron chi connectivity index (χ3n) is 3.63. The van der Waals surface area contributed by atoms with Gasteiger partial charge >= 0.3 is 12.3 Å².